The summed E-state index contributed by atoms with van der Waals surface area (Å²) in [6.07, 6.45) is 0. The smallest absolute Gasteiger partial charge is 0.264 e. The van der Waals surface area contributed by atoms with Crippen molar-refractivity contribution in [2.75, 3.05) is 32.4 Å². The SMILES string of the molecule is COc1ccc(Cl)cc1NC(=O)c1c(N)n(C(=O)c2ccc(OC)c(OC)c2)c2ccccc12. The monoisotopic (exact) mass is 479 g/mol. The van der Waals surface area contributed by atoms with E-state index < -0.39 is 11.8 Å². The maximum atomic E-state index is 13.5. The number of nitrogens with two attached hydrogens (primary N) is 1. The zero-order chi connectivity index (χ0) is 24.4. The van der Waals surface area contributed by atoms with E-state index in [-0.39, 0.29) is 11.4 Å². The number of hydrogen-bond acceptors (Lipinski definition) is 6. The van der Waals surface area contributed by atoms with Crippen molar-refractivity contribution >= 4 is 45.8 Å². The summed E-state index contributed by atoms with van der Waals surface area (Å²) in [5.41, 5.74) is 7.74. The molecule has 0 aliphatic rings. The number of hydrogen-bond donors (Lipinski definition) is 2. The molecule has 4 aromatic rings. The predicted octanol–water partition coefficient (Wildman–Crippen LogP) is 4.84. The van der Waals surface area contributed by atoms with E-state index in [1.54, 1.807) is 60.7 Å². The number of aromatic nitrogens is 1. The standard InChI is InChI=1S/C25H22ClN3O5/c1-32-19-11-9-15(26)13-17(19)28-24(30)22-16-6-4-5-7-18(16)29(23(22)27)25(31)14-8-10-20(33-2)21(12-14)34-3/h4-13H,27H2,1-3H3,(H,28,30). The van der Waals surface area contributed by atoms with Crippen LogP contribution in [0, 0.1) is 0 Å². The van der Waals surface area contributed by atoms with Gasteiger partial charge in [-0.3, -0.25) is 14.2 Å². The van der Waals surface area contributed by atoms with E-state index in [0.717, 1.165) is 0 Å². The van der Waals surface area contributed by atoms with Crippen molar-refractivity contribution in [3.8, 4) is 17.2 Å². The first-order valence-corrected chi connectivity index (χ1v) is 10.6. The van der Waals surface area contributed by atoms with Crippen LogP contribution in [0.4, 0.5) is 11.5 Å². The van der Waals surface area contributed by atoms with Crippen LogP contribution in [0.1, 0.15) is 20.7 Å². The first-order valence-electron chi connectivity index (χ1n) is 10.2. The summed E-state index contributed by atoms with van der Waals surface area (Å²) in [5.74, 6) is 0.387. The van der Waals surface area contributed by atoms with Gasteiger partial charge in [-0.25, -0.2) is 0 Å². The Kier molecular flexibility index (Phi) is 6.34. The maximum Gasteiger partial charge on any atom is 0.264 e. The van der Waals surface area contributed by atoms with Crippen LogP contribution in [0.2, 0.25) is 5.02 Å². The Morgan fingerprint density at radius 2 is 1.56 bits per heavy atom. The Hall–Kier alpha value is -4.17. The van der Waals surface area contributed by atoms with Gasteiger partial charge in [0, 0.05) is 16.0 Å². The molecule has 0 aliphatic carbocycles. The van der Waals surface area contributed by atoms with E-state index in [1.807, 2.05) is 0 Å². The molecule has 3 N–H and O–H groups in total. The Morgan fingerprint density at radius 1 is 0.882 bits per heavy atom. The van der Waals surface area contributed by atoms with Gasteiger partial charge in [-0.2, -0.15) is 0 Å². The van der Waals surface area contributed by atoms with Gasteiger partial charge >= 0.3 is 0 Å². The van der Waals surface area contributed by atoms with Gasteiger partial charge in [0.2, 0.25) is 0 Å². The minimum absolute atomic E-state index is 0.000482. The molecule has 0 aliphatic heterocycles. The number of ether oxygens (including phenoxy) is 3. The van der Waals surface area contributed by atoms with Crippen molar-refractivity contribution in [3.05, 3.63) is 76.8 Å². The molecule has 3 aromatic carbocycles. The quantitative estimate of drug-likeness (QED) is 0.410. The van der Waals surface area contributed by atoms with Crippen LogP contribution < -0.4 is 25.3 Å². The number of fused-ring (bicyclic) bond motifs is 1. The third-order valence-corrected chi connectivity index (χ3v) is 5.62. The highest BCUT2D eigenvalue weighted by Crippen LogP contribution is 2.34. The van der Waals surface area contributed by atoms with E-state index >= 15 is 0 Å². The zero-order valence-electron chi connectivity index (χ0n) is 18.7. The van der Waals surface area contributed by atoms with Gasteiger partial charge in [-0.05, 0) is 42.5 Å². The van der Waals surface area contributed by atoms with Gasteiger partial charge in [0.15, 0.2) is 11.5 Å². The Balaban J connectivity index is 1.81. The molecular formula is C25H22ClN3O5. The molecule has 34 heavy (non-hydrogen) atoms. The largest absolute Gasteiger partial charge is 0.495 e. The first kappa shape index (κ1) is 23.0. The summed E-state index contributed by atoms with van der Waals surface area (Å²) in [6.45, 7) is 0. The second kappa shape index (κ2) is 9.36. The molecule has 0 atom stereocenters. The lowest BCUT2D eigenvalue weighted by Crippen LogP contribution is -2.18. The van der Waals surface area contributed by atoms with Gasteiger partial charge in [0.1, 0.15) is 11.6 Å². The second-order valence-electron chi connectivity index (χ2n) is 7.29. The molecule has 0 bridgehead atoms. The Morgan fingerprint density at radius 3 is 2.26 bits per heavy atom. The fourth-order valence-corrected chi connectivity index (χ4v) is 3.95. The lowest BCUT2D eigenvalue weighted by atomic mass is 10.1. The van der Waals surface area contributed by atoms with Crippen LogP contribution >= 0.6 is 11.6 Å². The highest BCUT2D eigenvalue weighted by Gasteiger charge is 2.26. The third kappa shape index (κ3) is 3.99. The van der Waals surface area contributed by atoms with E-state index in [4.69, 9.17) is 31.5 Å². The van der Waals surface area contributed by atoms with Crippen LogP contribution in [-0.2, 0) is 0 Å². The molecule has 8 nitrogen and oxygen atoms in total. The number of nitrogens with zero attached hydrogens (tertiary/aromatic N) is 1. The van der Waals surface area contributed by atoms with Crippen molar-refractivity contribution in [1.29, 1.82) is 0 Å². The Labute approximate surface area is 200 Å². The van der Waals surface area contributed by atoms with Crippen molar-refractivity contribution in [1.82, 2.24) is 4.57 Å². The molecule has 0 saturated heterocycles. The van der Waals surface area contributed by atoms with Crippen LogP contribution in [0.5, 0.6) is 17.2 Å². The zero-order valence-corrected chi connectivity index (χ0v) is 19.5. The van der Waals surface area contributed by atoms with Crippen molar-refractivity contribution in [2.24, 2.45) is 0 Å². The molecule has 0 fully saturated rings. The topological polar surface area (TPSA) is 105 Å². The molecule has 4 rings (SSSR count). The molecule has 0 unspecified atom stereocenters. The molecule has 9 heteroatoms. The minimum Gasteiger partial charge on any atom is -0.495 e. The predicted molar refractivity (Wildman–Crippen MR) is 132 cm³/mol. The Bertz CT molecular complexity index is 1410. The summed E-state index contributed by atoms with van der Waals surface area (Å²) in [6, 6.07) is 16.7. The minimum atomic E-state index is -0.506. The number of anilines is 2. The summed E-state index contributed by atoms with van der Waals surface area (Å²) in [7, 11) is 4.48. The van der Waals surface area contributed by atoms with Crippen molar-refractivity contribution < 1.29 is 23.8 Å². The van der Waals surface area contributed by atoms with E-state index in [1.165, 1.54) is 25.9 Å². The second-order valence-corrected chi connectivity index (χ2v) is 7.72. The number of benzene rings is 3. The summed E-state index contributed by atoms with van der Waals surface area (Å²) >= 11 is 6.09. The van der Waals surface area contributed by atoms with E-state index in [2.05, 4.69) is 5.32 Å². The van der Waals surface area contributed by atoms with Crippen molar-refractivity contribution in [2.45, 2.75) is 0 Å². The summed E-state index contributed by atoms with van der Waals surface area (Å²) < 4.78 is 17.2. The lowest BCUT2D eigenvalue weighted by Gasteiger charge is -2.12. The average Bonchev–Trinajstić information content (AvgIpc) is 3.14. The highest BCUT2D eigenvalue weighted by molar-refractivity contribution is 6.31. The average molecular weight is 480 g/mol. The summed E-state index contributed by atoms with van der Waals surface area (Å²) in [5, 5.41) is 3.73. The fourth-order valence-electron chi connectivity index (χ4n) is 3.78. The number of halogens is 1. The molecular weight excluding hydrogens is 458 g/mol. The molecule has 1 aromatic heterocycles. The number of rotatable bonds is 6. The number of carbonyl (C=O) groups excluding carboxylic acids is 2. The number of para-hydroxylation sites is 1. The molecule has 174 valence electrons. The lowest BCUT2D eigenvalue weighted by molar-refractivity contribution is 0.0967. The summed E-state index contributed by atoms with van der Waals surface area (Å²) in [4.78, 5) is 26.8. The maximum absolute atomic E-state index is 13.5. The molecule has 0 radical (unpaired) electrons. The van der Waals surface area contributed by atoms with Gasteiger partial charge in [-0.1, -0.05) is 29.8 Å². The van der Waals surface area contributed by atoms with Crippen LogP contribution in [0.15, 0.2) is 60.7 Å². The van der Waals surface area contributed by atoms with Gasteiger partial charge in [-0.15, -0.1) is 0 Å². The van der Waals surface area contributed by atoms with Crippen LogP contribution in [-0.4, -0.2) is 37.7 Å². The number of nitrogens with one attached hydrogen (secondary N) is 1. The fraction of sp³-hybridized carbons (Fsp3) is 0.120. The molecule has 0 saturated carbocycles. The van der Waals surface area contributed by atoms with Crippen LogP contribution in [0.3, 0.4) is 0 Å². The normalized spacial score (nSPS) is 10.7. The van der Waals surface area contributed by atoms with E-state index in [0.29, 0.717) is 44.4 Å². The number of amides is 1. The molecule has 1 heterocycles. The number of methoxy groups -OCH3 is 3. The molecule has 1 amide bonds. The van der Waals surface area contributed by atoms with Gasteiger partial charge in [0.05, 0.1) is 38.1 Å². The molecule has 0 spiro atoms. The van der Waals surface area contributed by atoms with Crippen molar-refractivity contribution in [3.63, 3.8) is 0 Å². The third-order valence-electron chi connectivity index (χ3n) is 5.38. The van der Waals surface area contributed by atoms with Gasteiger partial charge in [0.25, 0.3) is 11.8 Å². The highest BCUT2D eigenvalue weighted by atomic mass is 35.5. The number of nitrogen functional groups attached to an aromatic ring is 1. The number of carbonyl (C=O) groups is 2. The van der Waals surface area contributed by atoms with Gasteiger partial charge < -0.3 is 25.3 Å². The van der Waals surface area contributed by atoms with E-state index in [9.17, 15) is 9.59 Å². The first-order chi connectivity index (χ1) is 16.4. The van der Waals surface area contributed by atoms with Crippen LogP contribution in [0.25, 0.3) is 10.9 Å².